The maximum absolute atomic E-state index is 13.9. The number of carbonyl (C=O) groups excluding carboxylic acids is 4. The number of piperidine rings is 3. The molecule has 0 radical (unpaired) electrons. The van der Waals surface area contributed by atoms with Gasteiger partial charge in [-0.3, -0.25) is 34.1 Å². The van der Waals surface area contributed by atoms with Gasteiger partial charge in [0.05, 0.1) is 35.2 Å². The molecule has 4 amide bonds. The highest BCUT2D eigenvalue weighted by Gasteiger charge is 2.45. The topological polar surface area (TPSA) is 166 Å². The van der Waals surface area contributed by atoms with Crippen molar-refractivity contribution in [2.75, 3.05) is 36.4 Å². The van der Waals surface area contributed by atoms with Crippen LogP contribution in [-0.2, 0) is 22.3 Å². The number of amides is 4. The first-order valence-corrected chi connectivity index (χ1v) is 19.9. The molecule has 18 heteroatoms. The van der Waals surface area contributed by atoms with Crippen LogP contribution in [0.3, 0.4) is 0 Å². The summed E-state index contributed by atoms with van der Waals surface area (Å²) in [5.41, 5.74) is -0.00827. The van der Waals surface area contributed by atoms with Crippen LogP contribution in [0.1, 0.15) is 78.7 Å². The average molecular weight is 818 g/mol. The largest absolute Gasteiger partial charge is 0.419 e. The zero-order valence-electron chi connectivity index (χ0n) is 31.9. The van der Waals surface area contributed by atoms with Crippen molar-refractivity contribution < 1.29 is 37.5 Å². The number of fused-ring (bicyclic) bond motifs is 1. The minimum Gasteiger partial charge on any atom is -0.389 e. The number of carbonyl (C=O) groups is 4. The second kappa shape index (κ2) is 15.1. The Morgan fingerprint density at radius 2 is 1.62 bits per heavy atom. The number of nitrogens with zero attached hydrogens (tertiary/aromatic N) is 7. The van der Waals surface area contributed by atoms with Crippen LogP contribution >= 0.6 is 11.9 Å². The summed E-state index contributed by atoms with van der Waals surface area (Å²) in [6.07, 6.45) is 3.04. The zero-order valence-corrected chi connectivity index (χ0v) is 32.7. The molecule has 2 aromatic heterocycles. The number of aromatic nitrogens is 4. The van der Waals surface area contributed by atoms with Crippen LogP contribution in [0.25, 0.3) is 11.3 Å². The van der Waals surface area contributed by atoms with E-state index in [1.54, 1.807) is 37.9 Å². The summed E-state index contributed by atoms with van der Waals surface area (Å²) in [7, 11) is 0. The van der Waals surface area contributed by atoms with E-state index < -0.39 is 47.0 Å². The third-order valence-electron chi connectivity index (χ3n) is 11.3. The number of anilines is 3. The lowest BCUT2D eigenvalue weighted by Gasteiger charge is -2.47. The van der Waals surface area contributed by atoms with Gasteiger partial charge in [-0.2, -0.15) is 18.3 Å². The number of benzene rings is 2. The molecule has 4 aromatic rings. The predicted octanol–water partition coefficient (Wildman–Crippen LogP) is 5.66. The van der Waals surface area contributed by atoms with Crippen molar-refractivity contribution >= 4 is 52.9 Å². The quantitative estimate of drug-likeness (QED) is 0.140. The van der Waals surface area contributed by atoms with Crippen molar-refractivity contribution in [1.82, 2.24) is 34.3 Å². The lowest BCUT2D eigenvalue weighted by molar-refractivity contribution is -0.138. The molecule has 58 heavy (non-hydrogen) atoms. The Balaban J connectivity index is 0.843. The van der Waals surface area contributed by atoms with E-state index in [0.717, 1.165) is 73.5 Å². The maximum atomic E-state index is 13.9. The normalized spacial score (nSPS) is 20.1. The lowest BCUT2D eigenvalue weighted by Crippen LogP contribution is -2.54. The summed E-state index contributed by atoms with van der Waals surface area (Å²) in [4.78, 5) is 63.0. The number of nitrogens with one attached hydrogen (secondary N) is 2. The van der Waals surface area contributed by atoms with Crippen LogP contribution in [0.2, 0.25) is 0 Å². The number of hydrogen-bond acceptors (Lipinski definition) is 12. The number of hydrogen-bond donors (Lipinski definition) is 3. The highest BCUT2D eigenvalue weighted by Crippen LogP contribution is 2.45. The smallest absolute Gasteiger partial charge is 0.389 e. The molecular formula is C40H42F3N9O5S. The summed E-state index contributed by atoms with van der Waals surface area (Å²) in [5, 5.41) is 19.5. The molecule has 2 aromatic carbocycles. The minimum absolute atomic E-state index is 0.00204. The molecule has 304 valence electrons. The van der Waals surface area contributed by atoms with Crippen LogP contribution in [0, 0.1) is 5.41 Å². The Labute approximate surface area is 336 Å². The minimum atomic E-state index is -4.68. The van der Waals surface area contributed by atoms with Gasteiger partial charge >= 0.3 is 6.18 Å². The molecule has 3 fully saturated rings. The first-order chi connectivity index (χ1) is 27.5. The summed E-state index contributed by atoms with van der Waals surface area (Å²) in [6.45, 7) is 6.70. The van der Waals surface area contributed by atoms with Gasteiger partial charge in [0, 0.05) is 66.8 Å². The van der Waals surface area contributed by atoms with Gasteiger partial charge in [-0.05, 0) is 106 Å². The Morgan fingerprint density at radius 1 is 0.931 bits per heavy atom. The van der Waals surface area contributed by atoms with E-state index >= 15 is 0 Å². The maximum Gasteiger partial charge on any atom is 0.419 e. The number of rotatable bonds is 9. The van der Waals surface area contributed by atoms with Crippen molar-refractivity contribution in [3.8, 4) is 11.3 Å². The van der Waals surface area contributed by atoms with E-state index in [-0.39, 0.29) is 53.1 Å². The highest BCUT2D eigenvalue weighted by atomic mass is 32.2. The van der Waals surface area contributed by atoms with Crippen molar-refractivity contribution in [2.24, 2.45) is 5.41 Å². The van der Waals surface area contributed by atoms with Crippen LogP contribution in [0.15, 0.2) is 66.0 Å². The predicted molar refractivity (Wildman–Crippen MR) is 208 cm³/mol. The van der Waals surface area contributed by atoms with Crippen LogP contribution in [-0.4, -0.2) is 95.5 Å². The lowest BCUT2D eigenvalue weighted by atomic mass is 9.71. The van der Waals surface area contributed by atoms with E-state index in [1.807, 2.05) is 30.3 Å². The molecule has 4 aliphatic heterocycles. The van der Waals surface area contributed by atoms with Gasteiger partial charge in [0.2, 0.25) is 17.8 Å². The van der Waals surface area contributed by atoms with E-state index in [9.17, 15) is 37.5 Å². The van der Waals surface area contributed by atoms with Crippen molar-refractivity contribution in [3.63, 3.8) is 0 Å². The zero-order chi connectivity index (χ0) is 41.0. The average Bonchev–Trinajstić information content (AvgIpc) is 3.73. The molecule has 1 atom stereocenters. The summed E-state index contributed by atoms with van der Waals surface area (Å²) < 4.78 is 45.5. The number of halogens is 3. The molecule has 0 aliphatic carbocycles. The Kier molecular flexibility index (Phi) is 10.3. The molecule has 0 bridgehead atoms. The standard InChI is InChI=1S/C40H42F3N9O5S/c1-38(2,57)23-50-22-24(20-45-50)33-30(40(41,42)43)21-44-37(48-33)46-25-3-6-27(7-4-25)58-51-17-13-39(14-18-51)11-15-49(16-12-39)26-5-8-28-29(19-26)36(56)52(35(28)55)31-9-10-32(53)47-34(31)54/h3-8,19-22,31,57H,9-18,23H2,1-2H3,(H,44,46,48)(H,47,53,54). The van der Waals surface area contributed by atoms with E-state index in [2.05, 4.69) is 34.9 Å². The van der Waals surface area contributed by atoms with E-state index in [4.69, 9.17) is 0 Å². The summed E-state index contributed by atoms with van der Waals surface area (Å²) in [5.74, 6) is -2.05. The first-order valence-electron chi connectivity index (χ1n) is 19.1. The molecule has 4 aliphatic rings. The van der Waals surface area contributed by atoms with E-state index in [0.29, 0.717) is 5.69 Å². The molecular weight excluding hydrogens is 776 g/mol. The van der Waals surface area contributed by atoms with Crippen molar-refractivity contribution in [3.05, 3.63) is 77.7 Å². The fourth-order valence-corrected chi connectivity index (χ4v) is 9.08. The van der Waals surface area contributed by atoms with Gasteiger partial charge in [0.15, 0.2) is 0 Å². The first kappa shape index (κ1) is 39.5. The SMILES string of the molecule is CC(C)(O)Cn1cc(-c2nc(Nc3ccc(SN4CCC5(CC4)CCN(c4ccc6c(c4)C(=O)N(C4CCC(=O)NC4=O)C6=O)CC5)cc3)ncc2C(F)(F)F)cn1. The number of aliphatic hydroxyl groups is 1. The van der Waals surface area contributed by atoms with Gasteiger partial charge in [-0.25, -0.2) is 14.3 Å². The third kappa shape index (κ3) is 8.17. The summed E-state index contributed by atoms with van der Waals surface area (Å²) >= 11 is 1.66. The van der Waals surface area contributed by atoms with Gasteiger partial charge in [-0.15, -0.1) is 0 Å². The molecule has 1 spiro atoms. The molecule has 3 saturated heterocycles. The molecule has 0 saturated carbocycles. The van der Waals surface area contributed by atoms with Crippen molar-refractivity contribution in [1.29, 1.82) is 0 Å². The fourth-order valence-electron chi connectivity index (χ4n) is 8.16. The molecule has 6 heterocycles. The Morgan fingerprint density at radius 3 is 2.29 bits per heavy atom. The molecule has 8 rings (SSSR count). The van der Waals surface area contributed by atoms with Crippen molar-refractivity contribution in [2.45, 2.75) is 81.6 Å². The number of imide groups is 2. The van der Waals surface area contributed by atoms with Gasteiger partial charge in [-0.1, -0.05) is 0 Å². The van der Waals surface area contributed by atoms with Gasteiger partial charge in [0.1, 0.15) is 11.6 Å². The number of alkyl halides is 3. The molecule has 14 nitrogen and oxygen atoms in total. The molecule has 3 N–H and O–H groups in total. The van der Waals surface area contributed by atoms with E-state index in [1.165, 1.54) is 17.1 Å². The highest BCUT2D eigenvalue weighted by molar-refractivity contribution is 7.97. The summed E-state index contributed by atoms with van der Waals surface area (Å²) in [6, 6.07) is 11.8. The van der Waals surface area contributed by atoms with Crippen LogP contribution < -0.4 is 15.5 Å². The Hall–Kier alpha value is -5.33. The monoisotopic (exact) mass is 817 g/mol. The molecule has 1 unspecified atom stereocenters. The second-order valence-electron chi connectivity index (χ2n) is 16.0. The van der Waals surface area contributed by atoms with Crippen LogP contribution in [0.4, 0.5) is 30.5 Å². The van der Waals surface area contributed by atoms with Crippen LogP contribution in [0.5, 0.6) is 0 Å². The van der Waals surface area contributed by atoms with Gasteiger partial charge in [0.25, 0.3) is 11.8 Å². The Bertz CT molecular complexity index is 2260. The fraction of sp³-hybridized carbons (Fsp3) is 0.425. The third-order valence-corrected chi connectivity index (χ3v) is 12.4. The van der Waals surface area contributed by atoms with Gasteiger partial charge < -0.3 is 15.3 Å². The second-order valence-corrected chi connectivity index (χ2v) is 17.2.